The van der Waals surface area contributed by atoms with Gasteiger partial charge < -0.3 is 5.11 Å². The molecule has 0 aliphatic heterocycles. The molecule has 10 heavy (non-hydrogen) atoms. The number of amides is 1. The van der Waals surface area contributed by atoms with E-state index in [0.29, 0.717) is 0 Å². The fourth-order valence-electron chi connectivity index (χ4n) is 0.342. The maximum absolute atomic E-state index is 10.3. The van der Waals surface area contributed by atoms with E-state index in [4.69, 9.17) is 10.3 Å². The second-order valence-electron chi connectivity index (χ2n) is 1.61. The van der Waals surface area contributed by atoms with Crippen LogP contribution in [0.15, 0.2) is 12.2 Å². The van der Waals surface area contributed by atoms with E-state index in [1.807, 2.05) is 0 Å². The molecular formula is C5H7NO4. The van der Waals surface area contributed by atoms with E-state index in [1.165, 1.54) is 5.48 Å². The van der Waals surface area contributed by atoms with E-state index in [1.54, 1.807) is 0 Å². The largest absolute Gasteiger partial charge is 0.481 e. The molecule has 0 heterocycles. The minimum absolute atomic E-state index is 0.185. The molecule has 0 saturated carbocycles. The summed E-state index contributed by atoms with van der Waals surface area (Å²) in [5.41, 5.74) is 1.08. The number of hydrogen-bond donors (Lipinski definition) is 3. The van der Waals surface area contributed by atoms with Crippen molar-refractivity contribution in [1.82, 2.24) is 5.48 Å². The Labute approximate surface area is 56.9 Å². The van der Waals surface area contributed by atoms with Gasteiger partial charge in [-0.15, -0.1) is 0 Å². The molecule has 0 rings (SSSR count). The number of carbonyl (C=O) groups excluding carboxylic acids is 1. The van der Waals surface area contributed by atoms with Crippen molar-refractivity contribution in [2.45, 2.75) is 6.42 Å². The van der Waals surface area contributed by atoms with Crippen LogP contribution in [0.1, 0.15) is 6.42 Å². The second-order valence-corrected chi connectivity index (χ2v) is 1.61. The first-order valence-electron chi connectivity index (χ1n) is 2.42. The maximum atomic E-state index is 10.3. The van der Waals surface area contributed by atoms with Gasteiger partial charge in [-0.05, 0) is 0 Å². The van der Waals surface area contributed by atoms with Crippen LogP contribution in [0.5, 0.6) is 0 Å². The SMILES string of the molecule is C=C(CC(=O)O)C(=O)NO. The number of rotatable bonds is 3. The van der Waals surface area contributed by atoms with Gasteiger partial charge in [-0.1, -0.05) is 6.58 Å². The van der Waals surface area contributed by atoms with E-state index < -0.39 is 18.3 Å². The van der Waals surface area contributed by atoms with Gasteiger partial charge in [0.1, 0.15) is 0 Å². The van der Waals surface area contributed by atoms with Gasteiger partial charge in [-0.2, -0.15) is 0 Å². The van der Waals surface area contributed by atoms with Crippen LogP contribution < -0.4 is 5.48 Å². The summed E-state index contributed by atoms with van der Waals surface area (Å²) in [6, 6.07) is 0. The van der Waals surface area contributed by atoms with Crippen molar-refractivity contribution < 1.29 is 19.9 Å². The quantitative estimate of drug-likeness (QED) is 0.284. The summed E-state index contributed by atoms with van der Waals surface area (Å²) in [6.07, 6.45) is -0.466. The Balaban J connectivity index is 3.86. The van der Waals surface area contributed by atoms with Crippen molar-refractivity contribution >= 4 is 11.9 Å². The van der Waals surface area contributed by atoms with E-state index >= 15 is 0 Å². The van der Waals surface area contributed by atoms with Crippen LogP contribution in [0, 0.1) is 0 Å². The van der Waals surface area contributed by atoms with Gasteiger partial charge >= 0.3 is 5.97 Å². The van der Waals surface area contributed by atoms with E-state index in [0.717, 1.165) is 0 Å². The molecule has 0 radical (unpaired) electrons. The van der Waals surface area contributed by atoms with Crippen LogP contribution in [-0.4, -0.2) is 22.2 Å². The van der Waals surface area contributed by atoms with Gasteiger partial charge in [0.05, 0.1) is 6.42 Å². The Morgan fingerprint density at radius 1 is 1.50 bits per heavy atom. The number of nitrogens with one attached hydrogen (secondary N) is 1. The monoisotopic (exact) mass is 145 g/mol. The molecule has 56 valence electrons. The minimum atomic E-state index is -1.16. The second kappa shape index (κ2) is 3.62. The fourth-order valence-corrected chi connectivity index (χ4v) is 0.342. The number of hydroxylamine groups is 1. The van der Waals surface area contributed by atoms with Crippen molar-refractivity contribution in [3.63, 3.8) is 0 Å². The van der Waals surface area contributed by atoms with E-state index in [2.05, 4.69) is 6.58 Å². The van der Waals surface area contributed by atoms with Crippen molar-refractivity contribution in [1.29, 1.82) is 0 Å². The lowest BCUT2D eigenvalue weighted by atomic mass is 10.2. The Hall–Kier alpha value is -1.36. The summed E-state index contributed by atoms with van der Waals surface area (Å²) in [5.74, 6) is -2.03. The van der Waals surface area contributed by atoms with Crippen LogP contribution in [0.4, 0.5) is 0 Å². The highest BCUT2D eigenvalue weighted by atomic mass is 16.5. The average Bonchev–Trinajstić information content (AvgIpc) is 1.85. The van der Waals surface area contributed by atoms with Gasteiger partial charge in [-0.3, -0.25) is 14.8 Å². The Morgan fingerprint density at radius 3 is 2.30 bits per heavy atom. The summed E-state index contributed by atoms with van der Waals surface area (Å²) in [6.45, 7) is 3.11. The first-order chi connectivity index (χ1) is 4.57. The lowest BCUT2D eigenvalue weighted by Crippen LogP contribution is -2.21. The zero-order chi connectivity index (χ0) is 8.15. The topological polar surface area (TPSA) is 86.6 Å². The highest BCUT2D eigenvalue weighted by molar-refractivity contribution is 5.95. The van der Waals surface area contributed by atoms with E-state index in [9.17, 15) is 9.59 Å². The van der Waals surface area contributed by atoms with Gasteiger partial charge in [0.2, 0.25) is 0 Å². The molecule has 0 spiro atoms. The van der Waals surface area contributed by atoms with Gasteiger partial charge in [0, 0.05) is 5.57 Å². The Kier molecular flexibility index (Phi) is 3.13. The predicted molar refractivity (Wildman–Crippen MR) is 31.3 cm³/mol. The number of carboxylic acid groups (broad SMARTS) is 1. The van der Waals surface area contributed by atoms with Crippen LogP contribution in [-0.2, 0) is 9.59 Å². The summed E-state index contributed by atoms with van der Waals surface area (Å²) in [4.78, 5) is 20.2. The zero-order valence-electron chi connectivity index (χ0n) is 5.13. The molecule has 0 atom stereocenters. The Bertz CT molecular complexity index is 174. The Morgan fingerprint density at radius 2 is 2.00 bits per heavy atom. The lowest BCUT2D eigenvalue weighted by molar-refractivity contribution is -0.137. The summed E-state index contributed by atoms with van der Waals surface area (Å²) >= 11 is 0. The van der Waals surface area contributed by atoms with Crippen molar-refractivity contribution in [2.24, 2.45) is 0 Å². The lowest BCUT2D eigenvalue weighted by Gasteiger charge is -1.97. The fraction of sp³-hybridized carbons (Fsp3) is 0.200. The van der Waals surface area contributed by atoms with Gasteiger partial charge in [0.15, 0.2) is 0 Å². The van der Waals surface area contributed by atoms with E-state index in [-0.39, 0.29) is 5.57 Å². The number of aliphatic carboxylic acids is 1. The molecule has 0 unspecified atom stereocenters. The standard InChI is InChI=1S/C5H7NO4/c1-3(2-4(7)8)5(9)6-10/h10H,1-2H2,(H,6,9)(H,7,8). The molecule has 5 nitrogen and oxygen atoms in total. The average molecular weight is 145 g/mol. The molecule has 0 saturated heterocycles. The minimum Gasteiger partial charge on any atom is -0.481 e. The number of carboxylic acids is 1. The third-order valence-corrected chi connectivity index (χ3v) is 0.787. The molecule has 0 fully saturated rings. The van der Waals surface area contributed by atoms with Crippen molar-refractivity contribution in [3.8, 4) is 0 Å². The summed E-state index contributed by atoms with van der Waals surface area (Å²) < 4.78 is 0. The number of carbonyl (C=O) groups is 2. The summed E-state index contributed by atoms with van der Waals surface area (Å²) in [7, 11) is 0. The normalized spacial score (nSPS) is 8.50. The van der Waals surface area contributed by atoms with Crippen molar-refractivity contribution in [2.75, 3.05) is 0 Å². The van der Waals surface area contributed by atoms with Crippen LogP contribution in [0.3, 0.4) is 0 Å². The molecule has 1 amide bonds. The predicted octanol–water partition coefficient (Wildman–Crippen LogP) is -0.477. The highest BCUT2D eigenvalue weighted by Gasteiger charge is 2.08. The molecule has 3 N–H and O–H groups in total. The number of hydrogen-bond acceptors (Lipinski definition) is 3. The first kappa shape index (κ1) is 8.64. The van der Waals surface area contributed by atoms with Crippen LogP contribution >= 0.6 is 0 Å². The van der Waals surface area contributed by atoms with Gasteiger partial charge in [-0.25, -0.2) is 5.48 Å². The zero-order valence-corrected chi connectivity index (χ0v) is 5.13. The van der Waals surface area contributed by atoms with Crippen LogP contribution in [0.2, 0.25) is 0 Å². The van der Waals surface area contributed by atoms with Crippen LogP contribution in [0.25, 0.3) is 0 Å². The third-order valence-electron chi connectivity index (χ3n) is 0.787. The third kappa shape index (κ3) is 2.83. The smallest absolute Gasteiger partial charge is 0.308 e. The molecule has 5 heteroatoms. The maximum Gasteiger partial charge on any atom is 0.308 e. The first-order valence-corrected chi connectivity index (χ1v) is 2.42. The summed E-state index contributed by atoms with van der Waals surface area (Å²) in [5, 5.41) is 16.1. The van der Waals surface area contributed by atoms with Crippen molar-refractivity contribution in [3.05, 3.63) is 12.2 Å². The highest BCUT2D eigenvalue weighted by Crippen LogP contribution is 1.95. The molecule has 0 aromatic carbocycles. The molecule has 0 aliphatic rings. The molecule has 0 aromatic heterocycles. The molecular weight excluding hydrogens is 138 g/mol. The van der Waals surface area contributed by atoms with Gasteiger partial charge in [0.25, 0.3) is 5.91 Å². The molecule has 0 bridgehead atoms. The molecule has 0 aromatic rings. The molecule has 0 aliphatic carbocycles.